The van der Waals surface area contributed by atoms with Crippen molar-refractivity contribution >= 4 is 22.4 Å². The van der Waals surface area contributed by atoms with Crippen molar-refractivity contribution in [2.24, 2.45) is 0 Å². The normalized spacial score (nSPS) is 14.1. The van der Waals surface area contributed by atoms with Gasteiger partial charge in [0.25, 0.3) is 0 Å². The second-order valence-electron chi connectivity index (χ2n) is 4.21. The largest absolute Gasteiger partial charge is 0.253 e. The lowest BCUT2D eigenvalue weighted by atomic mass is 10.2. The average Bonchev–Trinajstić information content (AvgIpc) is 2.40. The smallest absolute Gasteiger partial charge is 0.117 e. The van der Waals surface area contributed by atoms with Crippen LogP contribution in [0.15, 0.2) is 59.5 Å². The predicted molar refractivity (Wildman–Crippen MR) is 77.4 cm³/mol. The molecule has 2 rings (SSSR count). The summed E-state index contributed by atoms with van der Waals surface area (Å²) in [6.07, 6.45) is 0.614. The number of aryl methyl sites for hydroxylation is 1. The molecule has 1 unspecified atom stereocenters. The van der Waals surface area contributed by atoms with Gasteiger partial charge in [0, 0.05) is 11.3 Å². The van der Waals surface area contributed by atoms with Gasteiger partial charge in [0.1, 0.15) is 4.71 Å². The van der Waals surface area contributed by atoms with Crippen molar-refractivity contribution in [3.63, 3.8) is 0 Å². The van der Waals surface area contributed by atoms with Gasteiger partial charge < -0.3 is 0 Å². The van der Waals surface area contributed by atoms with Crippen molar-refractivity contribution in [1.82, 2.24) is 0 Å². The third-order valence-corrected chi connectivity index (χ3v) is 4.73. The van der Waals surface area contributed by atoms with E-state index in [-0.39, 0.29) is 0 Å². The molecular weight excluding hydrogens is 264 g/mol. The Morgan fingerprint density at radius 3 is 2.28 bits per heavy atom. The van der Waals surface area contributed by atoms with Crippen molar-refractivity contribution in [3.8, 4) is 0 Å². The molecule has 0 aliphatic heterocycles. The second kappa shape index (κ2) is 6.17. The van der Waals surface area contributed by atoms with Crippen LogP contribution in [0.4, 0.5) is 0 Å². The van der Waals surface area contributed by atoms with E-state index in [4.69, 9.17) is 11.6 Å². The Labute approximate surface area is 115 Å². The van der Waals surface area contributed by atoms with Crippen LogP contribution >= 0.6 is 11.6 Å². The highest BCUT2D eigenvalue weighted by atomic mass is 35.5. The SMILES string of the molecule is Cc1ccc(S(=O)[C@@H](Cl)Cc2ccccc2)cc1. The zero-order chi connectivity index (χ0) is 13.0. The predicted octanol–water partition coefficient (Wildman–Crippen LogP) is 3.91. The lowest BCUT2D eigenvalue weighted by Crippen LogP contribution is -2.11. The van der Waals surface area contributed by atoms with E-state index < -0.39 is 15.5 Å². The van der Waals surface area contributed by atoms with E-state index in [1.54, 1.807) is 0 Å². The van der Waals surface area contributed by atoms with Crippen molar-refractivity contribution in [2.45, 2.75) is 22.9 Å². The van der Waals surface area contributed by atoms with Crippen LogP contribution in [0.3, 0.4) is 0 Å². The number of halogens is 1. The molecule has 3 heteroatoms. The molecule has 18 heavy (non-hydrogen) atoms. The minimum Gasteiger partial charge on any atom is -0.253 e. The first-order valence-corrected chi connectivity index (χ1v) is 7.47. The van der Waals surface area contributed by atoms with Crippen LogP contribution in [-0.2, 0) is 17.2 Å². The fourth-order valence-electron chi connectivity index (χ4n) is 1.70. The van der Waals surface area contributed by atoms with Crippen LogP contribution < -0.4 is 0 Å². The summed E-state index contributed by atoms with van der Waals surface area (Å²) in [6.45, 7) is 2.01. The van der Waals surface area contributed by atoms with Gasteiger partial charge in [0.2, 0.25) is 0 Å². The number of hydrogen-bond acceptors (Lipinski definition) is 1. The van der Waals surface area contributed by atoms with Crippen LogP contribution in [0, 0.1) is 6.92 Å². The molecule has 2 aromatic rings. The minimum atomic E-state index is -1.17. The molecule has 0 amide bonds. The molecule has 0 heterocycles. The van der Waals surface area contributed by atoms with E-state index in [1.807, 2.05) is 61.5 Å². The van der Waals surface area contributed by atoms with Crippen molar-refractivity contribution in [2.75, 3.05) is 0 Å². The molecule has 0 fully saturated rings. The van der Waals surface area contributed by atoms with Crippen LogP contribution in [0.25, 0.3) is 0 Å². The molecule has 0 spiro atoms. The highest BCUT2D eigenvalue weighted by Crippen LogP contribution is 2.18. The Balaban J connectivity index is 2.07. The van der Waals surface area contributed by atoms with Gasteiger partial charge in [-0.25, -0.2) is 0 Å². The summed E-state index contributed by atoms with van der Waals surface area (Å²) in [7, 11) is -1.17. The molecule has 2 aromatic carbocycles. The zero-order valence-electron chi connectivity index (χ0n) is 10.2. The summed E-state index contributed by atoms with van der Waals surface area (Å²) in [5.74, 6) is 0. The van der Waals surface area contributed by atoms with E-state index in [0.29, 0.717) is 6.42 Å². The summed E-state index contributed by atoms with van der Waals surface area (Å²) in [5, 5.41) is 0. The first-order valence-electron chi connectivity index (χ1n) is 5.82. The van der Waals surface area contributed by atoms with E-state index in [2.05, 4.69) is 0 Å². The quantitative estimate of drug-likeness (QED) is 0.775. The standard InChI is InChI=1S/C15H15ClOS/c1-12-7-9-14(10-8-12)18(17)15(16)11-13-5-3-2-4-6-13/h2-10,15H,11H2,1H3/t15-,18?/m1/s1. The van der Waals surface area contributed by atoms with Gasteiger partial charge in [-0.05, 0) is 24.6 Å². The fraction of sp³-hybridized carbons (Fsp3) is 0.200. The lowest BCUT2D eigenvalue weighted by molar-refractivity contribution is 0.680. The maximum Gasteiger partial charge on any atom is 0.117 e. The van der Waals surface area contributed by atoms with Crippen LogP contribution in [0.5, 0.6) is 0 Å². The maximum absolute atomic E-state index is 12.2. The average molecular weight is 279 g/mol. The molecule has 94 valence electrons. The summed E-state index contributed by atoms with van der Waals surface area (Å²) in [5.41, 5.74) is 2.27. The number of hydrogen-bond donors (Lipinski definition) is 0. The molecule has 0 saturated heterocycles. The molecule has 2 atom stereocenters. The number of rotatable bonds is 4. The van der Waals surface area contributed by atoms with Gasteiger partial charge in [0.05, 0.1) is 10.8 Å². The van der Waals surface area contributed by atoms with Gasteiger partial charge in [-0.15, -0.1) is 11.6 Å². The van der Waals surface area contributed by atoms with Crippen molar-refractivity contribution in [3.05, 3.63) is 65.7 Å². The highest BCUT2D eigenvalue weighted by Gasteiger charge is 2.15. The van der Waals surface area contributed by atoms with E-state index in [9.17, 15) is 4.21 Å². The minimum absolute atomic E-state index is 0.393. The molecule has 0 aliphatic rings. The molecule has 1 nitrogen and oxygen atoms in total. The Hall–Kier alpha value is -1.12. The lowest BCUT2D eigenvalue weighted by Gasteiger charge is -2.10. The fourth-order valence-corrected chi connectivity index (χ4v) is 3.23. The molecule has 0 aliphatic carbocycles. The first kappa shape index (κ1) is 13.3. The summed E-state index contributed by atoms with van der Waals surface area (Å²) < 4.78 is 11.8. The second-order valence-corrected chi connectivity index (χ2v) is 6.63. The Morgan fingerprint density at radius 2 is 1.67 bits per heavy atom. The Bertz CT molecular complexity index is 522. The maximum atomic E-state index is 12.2. The van der Waals surface area contributed by atoms with E-state index in [0.717, 1.165) is 16.0 Å². The number of benzene rings is 2. The Morgan fingerprint density at radius 1 is 1.06 bits per heavy atom. The molecule has 0 saturated carbocycles. The third kappa shape index (κ3) is 3.44. The molecule has 0 bridgehead atoms. The van der Waals surface area contributed by atoms with Crippen molar-refractivity contribution in [1.29, 1.82) is 0 Å². The summed E-state index contributed by atoms with van der Waals surface area (Å²) >= 11 is 6.24. The topological polar surface area (TPSA) is 17.1 Å². The van der Waals surface area contributed by atoms with E-state index >= 15 is 0 Å². The Kier molecular flexibility index (Phi) is 4.56. The molecule has 0 radical (unpaired) electrons. The van der Waals surface area contributed by atoms with Crippen molar-refractivity contribution < 1.29 is 4.21 Å². The van der Waals surface area contributed by atoms with Gasteiger partial charge in [0.15, 0.2) is 0 Å². The third-order valence-electron chi connectivity index (χ3n) is 2.72. The monoisotopic (exact) mass is 278 g/mol. The summed E-state index contributed by atoms with van der Waals surface area (Å²) in [6, 6.07) is 17.6. The first-order chi connectivity index (χ1) is 8.66. The van der Waals surface area contributed by atoms with Crippen LogP contribution in [0.1, 0.15) is 11.1 Å². The van der Waals surface area contributed by atoms with Crippen LogP contribution in [0.2, 0.25) is 0 Å². The van der Waals surface area contributed by atoms with Crippen LogP contribution in [-0.4, -0.2) is 8.92 Å². The number of alkyl halides is 1. The van der Waals surface area contributed by atoms with Gasteiger partial charge in [-0.1, -0.05) is 48.0 Å². The van der Waals surface area contributed by atoms with Gasteiger partial charge >= 0.3 is 0 Å². The highest BCUT2D eigenvalue weighted by molar-refractivity contribution is 7.87. The molecule has 0 N–H and O–H groups in total. The van der Waals surface area contributed by atoms with E-state index in [1.165, 1.54) is 0 Å². The molecule has 0 aromatic heterocycles. The van der Waals surface area contributed by atoms with Gasteiger partial charge in [-0.2, -0.15) is 0 Å². The molecular formula is C15H15ClOS. The van der Waals surface area contributed by atoms with Gasteiger partial charge in [-0.3, -0.25) is 4.21 Å². The summed E-state index contributed by atoms with van der Waals surface area (Å²) in [4.78, 5) is 0.788. The zero-order valence-corrected chi connectivity index (χ0v) is 11.7.